The second-order valence-corrected chi connectivity index (χ2v) is 3.74. The van der Waals surface area contributed by atoms with Crippen LogP contribution in [0.1, 0.15) is 10.5 Å². The summed E-state index contributed by atoms with van der Waals surface area (Å²) in [5.74, 6) is -1.24. The molecule has 0 aliphatic rings. The van der Waals surface area contributed by atoms with Crippen LogP contribution in [-0.2, 0) is 0 Å². The summed E-state index contributed by atoms with van der Waals surface area (Å²) >= 11 is 0. The molecular weight excluding hydrogens is 282 g/mol. The third-order valence-electron chi connectivity index (χ3n) is 2.41. The van der Waals surface area contributed by atoms with Crippen molar-refractivity contribution in [1.29, 1.82) is 0 Å². The van der Waals surface area contributed by atoms with Gasteiger partial charge in [0.1, 0.15) is 5.75 Å². The van der Waals surface area contributed by atoms with Gasteiger partial charge in [0.05, 0.1) is 24.4 Å². The van der Waals surface area contributed by atoms with E-state index in [2.05, 4.69) is 9.97 Å². The number of nitro groups is 1. The molecule has 1 aromatic heterocycles. The largest absolute Gasteiger partial charge is 0.497 e. The molecule has 0 bridgehead atoms. The molecule has 9 nitrogen and oxygen atoms in total. The lowest BCUT2D eigenvalue weighted by Crippen LogP contribution is -2.03. The van der Waals surface area contributed by atoms with E-state index in [0.29, 0.717) is 5.75 Å². The number of aromatic carboxylic acids is 1. The van der Waals surface area contributed by atoms with Gasteiger partial charge in [-0.25, -0.2) is 9.78 Å². The smallest absolute Gasteiger partial charge is 0.356 e. The lowest BCUT2D eigenvalue weighted by molar-refractivity contribution is -0.385. The van der Waals surface area contributed by atoms with E-state index in [9.17, 15) is 14.9 Å². The first kappa shape index (κ1) is 14.2. The molecule has 0 fully saturated rings. The first-order valence-corrected chi connectivity index (χ1v) is 5.57. The van der Waals surface area contributed by atoms with Gasteiger partial charge in [-0.2, -0.15) is 0 Å². The van der Waals surface area contributed by atoms with Crippen molar-refractivity contribution in [1.82, 2.24) is 9.97 Å². The summed E-state index contributed by atoms with van der Waals surface area (Å²) in [6.07, 6.45) is 2.19. The number of nitrogens with zero attached hydrogens (tertiary/aromatic N) is 3. The summed E-state index contributed by atoms with van der Waals surface area (Å²) in [4.78, 5) is 28.4. The molecule has 0 unspecified atom stereocenters. The maximum absolute atomic E-state index is 10.9. The summed E-state index contributed by atoms with van der Waals surface area (Å²) < 4.78 is 10.2. The Hall–Kier alpha value is -3.23. The predicted molar refractivity (Wildman–Crippen MR) is 68.7 cm³/mol. The highest BCUT2D eigenvalue weighted by molar-refractivity contribution is 5.84. The number of ether oxygens (including phenoxy) is 2. The van der Waals surface area contributed by atoms with Crippen molar-refractivity contribution in [3.63, 3.8) is 0 Å². The summed E-state index contributed by atoms with van der Waals surface area (Å²) in [5, 5.41) is 19.8. The van der Waals surface area contributed by atoms with Gasteiger partial charge in [-0.3, -0.25) is 15.1 Å². The number of carboxylic acids is 1. The maximum atomic E-state index is 10.9. The van der Waals surface area contributed by atoms with Gasteiger partial charge in [0.15, 0.2) is 5.69 Å². The zero-order valence-corrected chi connectivity index (χ0v) is 10.7. The van der Waals surface area contributed by atoms with Gasteiger partial charge in [-0.15, -0.1) is 0 Å². The third kappa shape index (κ3) is 3.21. The summed E-state index contributed by atoms with van der Waals surface area (Å²) in [6.45, 7) is 0. The molecular formula is C12H9N3O6. The quantitative estimate of drug-likeness (QED) is 0.653. The van der Waals surface area contributed by atoms with Crippen molar-refractivity contribution < 1.29 is 24.3 Å². The lowest BCUT2D eigenvalue weighted by atomic mass is 10.3. The van der Waals surface area contributed by atoms with Crippen LogP contribution in [0.2, 0.25) is 0 Å². The van der Waals surface area contributed by atoms with E-state index < -0.39 is 10.9 Å². The SMILES string of the molecule is COc1ccc([N+](=O)[O-])c(Oc2cncc(C(=O)O)n2)c1. The van der Waals surface area contributed by atoms with Crippen molar-refractivity contribution in [2.45, 2.75) is 0 Å². The van der Waals surface area contributed by atoms with E-state index in [1.54, 1.807) is 0 Å². The Balaban J connectivity index is 2.40. The van der Waals surface area contributed by atoms with Crippen molar-refractivity contribution >= 4 is 11.7 Å². The van der Waals surface area contributed by atoms with E-state index >= 15 is 0 Å². The zero-order valence-electron chi connectivity index (χ0n) is 10.7. The maximum Gasteiger partial charge on any atom is 0.356 e. The normalized spacial score (nSPS) is 9.95. The van der Waals surface area contributed by atoms with Crippen LogP contribution in [-0.4, -0.2) is 33.1 Å². The van der Waals surface area contributed by atoms with Crippen LogP contribution in [0.4, 0.5) is 5.69 Å². The first-order valence-electron chi connectivity index (χ1n) is 5.57. The number of rotatable bonds is 5. The molecule has 1 N–H and O–H groups in total. The van der Waals surface area contributed by atoms with E-state index in [1.807, 2.05) is 0 Å². The Morgan fingerprint density at radius 1 is 1.38 bits per heavy atom. The van der Waals surface area contributed by atoms with Crippen molar-refractivity contribution in [3.05, 3.63) is 46.4 Å². The highest BCUT2D eigenvalue weighted by atomic mass is 16.6. The molecule has 2 aromatic rings. The molecule has 0 saturated heterocycles. The molecule has 1 heterocycles. The number of carboxylic acid groups (broad SMARTS) is 1. The number of hydrogen-bond acceptors (Lipinski definition) is 7. The van der Waals surface area contributed by atoms with Gasteiger partial charge < -0.3 is 14.6 Å². The van der Waals surface area contributed by atoms with Gasteiger partial charge in [0, 0.05) is 12.1 Å². The van der Waals surface area contributed by atoms with Gasteiger partial charge in [0.25, 0.3) is 0 Å². The molecule has 0 spiro atoms. The fraction of sp³-hybridized carbons (Fsp3) is 0.0833. The van der Waals surface area contributed by atoms with Crippen molar-refractivity contribution in [3.8, 4) is 17.4 Å². The van der Waals surface area contributed by atoms with Gasteiger partial charge in [-0.05, 0) is 6.07 Å². The number of hydrogen-bond donors (Lipinski definition) is 1. The predicted octanol–water partition coefficient (Wildman–Crippen LogP) is 1.88. The second kappa shape index (κ2) is 5.82. The molecule has 9 heteroatoms. The average molecular weight is 291 g/mol. The molecule has 0 atom stereocenters. The molecule has 0 aliphatic heterocycles. The average Bonchev–Trinajstić information content (AvgIpc) is 2.47. The summed E-state index contributed by atoms with van der Waals surface area (Å²) in [6, 6.07) is 3.92. The molecule has 21 heavy (non-hydrogen) atoms. The molecule has 0 saturated carbocycles. The van der Waals surface area contributed by atoms with E-state index in [-0.39, 0.29) is 23.0 Å². The fourth-order valence-corrected chi connectivity index (χ4v) is 1.47. The Bertz CT molecular complexity index is 703. The summed E-state index contributed by atoms with van der Waals surface area (Å²) in [7, 11) is 1.40. The van der Waals surface area contributed by atoms with Crippen LogP contribution in [0.25, 0.3) is 0 Å². The molecule has 0 radical (unpaired) electrons. The molecule has 0 aliphatic carbocycles. The number of aromatic nitrogens is 2. The van der Waals surface area contributed by atoms with E-state index in [4.69, 9.17) is 14.6 Å². The molecule has 1 aromatic carbocycles. The minimum Gasteiger partial charge on any atom is -0.497 e. The standard InChI is InChI=1S/C12H9N3O6/c1-20-7-2-3-9(15(18)19)10(4-7)21-11-6-13-5-8(14-11)12(16)17/h2-6H,1H3,(H,16,17). The van der Waals surface area contributed by atoms with Crippen LogP contribution in [0.5, 0.6) is 17.4 Å². The third-order valence-corrected chi connectivity index (χ3v) is 2.41. The van der Waals surface area contributed by atoms with Crippen LogP contribution in [0.15, 0.2) is 30.6 Å². The van der Waals surface area contributed by atoms with Gasteiger partial charge in [-0.1, -0.05) is 0 Å². The van der Waals surface area contributed by atoms with Crippen LogP contribution in [0.3, 0.4) is 0 Å². The minimum atomic E-state index is -1.28. The van der Waals surface area contributed by atoms with Crippen LogP contribution < -0.4 is 9.47 Å². The molecule has 0 amide bonds. The number of methoxy groups -OCH3 is 1. The Labute approximate surface area is 117 Å². The topological polar surface area (TPSA) is 125 Å². The number of benzene rings is 1. The lowest BCUT2D eigenvalue weighted by Gasteiger charge is -2.07. The zero-order chi connectivity index (χ0) is 15.4. The van der Waals surface area contributed by atoms with Crippen molar-refractivity contribution in [2.75, 3.05) is 7.11 Å². The Morgan fingerprint density at radius 2 is 2.14 bits per heavy atom. The fourth-order valence-electron chi connectivity index (χ4n) is 1.47. The Morgan fingerprint density at radius 3 is 2.76 bits per heavy atom. The number of carbonyl (C=O) groups is 1. The van der Waals surface area contributed by atoms with Crippen LogP contribution >= 0.6 is 0 Å². The molecule has 2 rings (SSSR count). The highest BCUT2D eigenvalue weighted by Gasteiger charge is 2.18. The van der Waals surface area contributed by atoms with Gasteiger partial charge >= 0.3 is 11.7 Å². The molecule has 108 valence electrons. The van der Waals surface area contributed by atoms with Gasteiger partial charge in [0.2, 0.25) is 11.6 Å². The summed E-state index contributed by atoms with van der Waals surface area (Å²) in [5.41, 5.74) is -0.642. The highest BCUT2D eigenvalue weighted by Crippen LogP contribution is 2.33. The monoisotopic (exact) mass is 291 g/mol. The van der Waals surface area contributed by atoms with Crippen LogP contribution in [0, 0.1) is 10.1 Å². The number of nitro benzene ring substituents is 1. The van der Waals surface area contributed by atoms with E-state index in [1.165, 1.54) is 25.3 Å². The Kier molecular flexibility index (Phi) is 3.93. The minimum absolute atomic E-state index is 0.129. The second-order valence-electron chi connectivity index (χ2n) is 3.74. The first-order chi connectivity index (χ1) is 10.0. The van der Waals surface area contributed by atoms with Crippen molar-refractivity contribution in [2.24, 2.45) is 0 Å². The van der Waals surface area contributed by atoms with E-state index in [0.717, 1.165) is 12.4 Å².